The van der Waals surface area contributed by atoms with Crippen LogP contribution < -0.4 is 0 Å². The lowest BCUT2D eigenvalue weighted by Gasteiger charge is -2.11. The molecule has 256 valence electrons. The summed E-state index contributed by atoms with van der Waals surface area (Å²) in [7, 11) is 0. The predicted octanol–water partition coefficient (Wildman–Crippen LogP) is 14.7. The molecule has 0 unspecified atom stereocenters. The van der Waals surface area contributed by atoms with Crippen LogP contribution in [0.15, 0.2) is 194 Å². The lowest BCUT2D eigenvalue weighted by Crippen LogP contribution is -1.94. The Balaban J connectivity index is 1.12. The van der Waals surface area contributed by atoms with Crippen molar-refractivity contribution in [2.75, 3.05) is 0 Å². The molecule has 12 rings (SSSR count). The van der Waals surface area contributed by atoms with Crippen LogP contribution >= 0.6 is 11.3 Å². The minimum Gasteiger partial charge on any atom is -0.309 e. The van der Waals surface area contributed by atoms with Gasteiger partial charge in [-0.1, -0.05) is 115 Å². The Bertz CT molecular complexity index is 3470. The number of rotatable bonds is 4. The lowest BCUT2D eigenvalue weighted by atomic mass is 9.99. The quantitative estimate of drug-likeness (QED) is 0.172. The van der Waals surface area contributed by atoms with Crippen LogP contribution in [0.25, 0.3) is 108 Å². The highest BCUT2D eigenvalue weighted by Crippen LogP contribution is 2.43. The van der Waals surface area contributed by atoms with Gasteiger partial charge < -0.3 is 9.13 Å². The number of nitrogens with zero attached hydrogens (tertiary/aromatic N) is 2. The summed E-state index contributed by atoms with van der Waals surface area (Å²) in [5.74, 6) is 0. The first kappa shape index (κ1) is 30.5. The van der Waals surface area contributed by atoms with E-state index in [2.05, 4.69) is 203 Å². The van der Waals surface area contributed by atoms with E-state index in [0.717, 1.165) is 0 Å². The van der Waals surface area contributed by atoms with Crippen molar-refractivity contribution in [2.45, 2.75) is 0 Å². The maximum atomic E-state index is 2.49. The largest absolute Gasteiger partial charge is 0.309 e. The first-order valence-corrected chi connectivity index (χ1v) is 19.7. The number of fused-ring (bicyclic) bond motifs is 10. The zero-order valence-corrected chi connectivity index (χ0v) is 30.6. The minimum atomic E-state index is 1.17. The Hall–Kier alpha value is -6.94. The van der Waals surface area contributed by atoms with E-state index >= 15 is 0 Å². The van der Waals surface area contributed by atoms with E-state index in [-0.39, 0.29) is 0 Å². The van der Waals surface area contributed by atoms with Crippen molar-refractivity contribution in [3.05, 3.63) is 194 Å². The smallest absolute Gasteiger partial charge is 0.0555 e. The van der Waals surface area contributed by atoms with Crippen molar-refractivity contribution in [1.82, 2.24) is 9.13 Å². The van der Waals surface area contributed by atoms with E-state index in [1.807, 2.05) is 11.3 Å². The second-order valence-electron chi connectivity index (χ2n) is 14.5. The third-order valence-corrected chi connectivity index (χ3v) is 12.6. The van der Waals surface area contributed by atoms with Crippen molar-refractivity contribution in [1.29, 1.82) is 0 Å². The highest BCUT2D eigenvalue weighted by atomic mass is 32.1. The molecule has 0 fully saturated rings. The normalized spacial score (nSPS) is 12.0. The second kappa shape index (κ2) is 11.8. The first-order valence-electron chi connectivity index (χ1n) is 18.8. The van der Waals surface area contributed by atoms with Crippen molar-refractivity contribution >= 4 is 85.9 Å². The van der Waals surface area contributed by atoms with Crippen LogP contribution in [0.2, 0.25) is 0 Å². The Morgan fingerprint density at radius 2 is 0.836 bits per heavy atom. The van der Waals surface area contributed by atoms with E-state index in [1.165, 1.54) is 108 Å². The molecule has 2 nitrogen and oxygen atoms in total. The molecule has 3 heteroatoms. The molecule has 3 aromatic heterocycles. The van der Waals surface area contributed by atoms with E-state index in [0.29, 0.717) is 0 Å². The molecule has 0 amide bonds. The third kappa shape index (κ3) is 4.60. The SMILES string of the molecule is c1ccc(-c2ccc3c(c2)c2cc(-c4ccc5c(c4)c4cc6ccccc6cc4n5-c4ccccc4)ccc2n3-c2cccc3sc4ccccc4c23)cc1. The number of hydrogen-bond donors (Lipinski definition) is 0. The van der Waals surface area contributed by atoms with Gasteiger partial charge in [0.2, 0.25) is 0 Å². The van der Waals surface area contributed by atoms with Crippen molar-refractivity contribution in [3.8, 4) is 33.6 Å². The molecular weight excluding hydrogens is 685 g/mol. The summed E-state index contributed by atoms with van der Waals surface area (Å²) in [4.78, 5) is 0. The lowest BCUT2D eigenvalue weighted by molar-refractivity contribution is 1.18. The summed E-state index contributed by atoms with van der Waals surface area (Å²) in [5, 5.41) is 10.1. The monoisotopic (exact) mass is 716 g/mol. The summed E-state index contributed by atoms with van der Waals surface area (Å²) < 4.78 is 7.53. The average Bonchev–Trinajstić information content (AvgIpc) is 3.90. The highest BCUT2D eigenvalue weighted by Gasteiger charge is 2.19. The molecule has 55 heavy (non-hydrogen) atoms. The van der Waals surface area contributed by atoms with Gasteiger partial charge in [0.15, 0.2) is 0 Å². The van der Waals surface area contributed by atoms with Gasteiger partial charge in [0.1, 0.15) is 0 Å². The molecule has 0 aliphatic carbocycles. The van der Waals surface area contributed by atoms with Crippen LogP contribution in [0.5, 0.6) is 0 Å². The molecule has 0 aliphatic heterocycles. The van der Waals surface area contributed by atoms with Gasteiger partial charge >= 0.3 is 0 Å². The number of benzene rings is 9. The second-order valence-corrected chi connectivity index (χ2v) is 15.6. The molecule has 9 aromatic carbocycles. The van der Waals surface area contributed by atoms with Crippen LogP contribution in [0.3, 0.4) is 0 Å². The topological polar surface area (TPSA) is 9.86 Å². The molecule has 0 spiro atoms. The first-order chi connectivity index (χ1) is 27.3. The van der Waals surface area contributed by atoms with Gasteiger partial charge in [-0.2, -0.15) is 0 Å². The summed E-state index contributed by atoms with van der Waals surface area (Å²) in [6.07, 6.45) is 0. The van der Waals surface area contributed by atoms with Crippen molar-refractivity contribution in [3.63, 3.8) is 0 Å². The van der Waals surface area contributed by atoms with Crippen LogP contribution in [0.1, 0.15) is 0 Å². The maximum Gasteiger partial charge on any atom is 0.0555 e. The fourth-order valence-electron chi connectivity index (χ4n) is 8.96. The summed E-state index contributed by atoms with van der Waals surface area (Å²) in [6.45, 7) is 0. The number of para-hydroxylation sites is 1. The molecule has 0 aliphatic rings. The predicted molar refractivity (Wildman–Crippen MR) is 236 cm³/mol. The molecule has 0 saturated heterocycles. The van der Waals surface area contributed by atoms with Gasteiger partial charge in [0, 0.05) is 47.4 Å². The Labute approximate surface area is 321 Å². The van der Waals surface area contributed by atoms with Crippen LogP contribution in [0, 0.1) is 0 Å². The van der Waals surface area contributed by atoms with Crippen LogP contribution in [-0.4, -0.2) is 9.13 Å². The number of thiophene rings is 1. The molecular formula is C52H32N2S. The zero-order chi connectivity index (χ0) is 36.0. The van der Waals surface area contributed by atoms with Crippen LogP contribution in [0.4, 0.5) is 0 Å². The van der Waals surface area contributed by atoms with Gasteiger partial charge in [-0.3, -0.25) is 0 Å². The zero-order valence-electron chi connectivity index (χ0n) is 29.8. The summed E-state index contributed by atoms with van der Waals surface area (Å²) in [5.41, 5.74) is 12.1. The van der Waals surface area contributed by atoms with Gasteiger partial charge in [-0.25, -0.2) is 0 Å². The van der Waals surface area contributed by atoms with Gasteiger partial charge in [0.05, 0.1) is 27.8 Å². The van der Waals surface area contributed by atoms with E-state index < -0.39 is 0 Å². The molecule has 0 radical (unpaired) electrons. The molecule has 0 saturated carbocycles. The fourth-order valence-corrected chi connectivity index (χ4v) is 10.1. The Morgan fingerprint density at radius 1 is 0.309 bits per heavy atom. The average molecular weight is 717 g/mol. The molecule has 0 atom stereocenters. The third-order valence-electron chi connectivity index (χ3n) is 11.5. The molecule has 0 bridgehead atoms. The molecule has 0 N–H and O–H groups in total. The Morgan fingerprint density at radius 3 is 1.53 bits per heavy atom. The summed E-state index contributed by atoms with van der Waals surface area (Å²) in [6, 6.07) is 71.5. The standard InChI is InChI=1S/C52H32N2S/c1-3-12-33(13-4-1)36-22-26-46-41(29-36)42-30-38(24-27-47(42)54(46)48-19-11-21-51-52(48)40-18-9-10-20-50(40)55-51)37-23-25-45-43(31-37)44-28-34-14-7-8-15-35(34)32-49(44)53(45)39-16-5-2-6-17-39/h1-32H. The van der Waals surface area contributed by atoms with E-state index in [9.17, 15) is 0 Å². The molecule has 12 aromatic rings. The number of aromatic nitrogens is 2. The minimum absolute atomic E-state index is 1.17. The van der Waals surface area contributed by atoms with Crippen molar-refractivity contribution in [2.24, 2.45) is 0 Å². The highest BCUT2D eigenvalue weighted by molar-refractivity contribution is 7.25. The van der Waals surface area contributed by atoms with E-state index in [4.69, 9.17) is 0 Å². The maximum absolute atomic E-state index is 2.49. The fraction of sp³-hybridized carbons (Fsp3) is 0. The summed E-state index contributed by atoms with van der Waals surface area (Å²) >= 11 is 1.87. The van der Waals surface area contributed by atoms with Gasteiger partial charge in [-0.05, 0) is 112 Å². The van der Waals surface area contributed by atoms with Gasteiger partial charge in [-0.15, -0.1) is 11.3 Å². The van der Waals surface area contributed by atoms with Crippen molar-refractivity contribution < 1.29 is 0 Å². The molecule has 3 heterocycles. The Kier molecular flexibility index (Phi) is 6.54. The van der Waals surface area contributed by atoms with Crippen LogP contribution in [-0.2, 0) is 0 Å². The van der Waals surface area contributed by atoms with E-state index in [1.54, 1.807) is 0 Å². The number of hydrogen-bond acceptors (Lipinski definition) is 1. The van der Waals surface area contributed by atoms with Gasteiger partial charge in [0.25, 0.3) is 0 Å².